The van der Waals surface area contributed by atoms with Crippen molar-refractivity contribution in [3.8, 4) is 5.75 Å². The second-order valence-electron chi connectivity index (χ2n) is 6.85. The smallest absolute Gasteiger partial charge is 0.410 e. The minimum Gasteiger partial charge on any atom is -0.506 e. The number of nitrogens with one attached hydrogen (secondary N) is 1. The minimum atomic E-state index is -0.301. The first kappa shape index (κ1) is 20.0. The second-order valence-corrected chi connectivity index (χ2v) is 7.25. The van der Waals surface area contributed by atoms with Crippen molar-refractivity contribution in [2.45, 2.75) is 19.4 Å². The van der Waals surface area contributed by atoms with E-state index in [0.717, 1.165) is 18.4 Å². The van der Waals surface area contributed by atoms with Crippen molar-refractivity contribution in [1.29, 1.82) is 0 Å². The first-order chi connectivity index (χ1) is 13.5. The van der Waals surface area contributed by atoms with E-state index in [1.54, 1.807) is 4.90 Å². The van der Waals surface area contributed by atoms with E-state index in [4.69, 9.17) is 16.3 Å². The van der Waals surface area contributed by atoms with Gasteiger partial charge in [-0.1, -0.05) is 41.9 Å². The molecule has 0 aliphatic carbocycles. The quantitative estimate of drug-likeness (QED) is 0.796. The number of hydrogen-bond acceptors (Lipinski definition) is 4. The zero-order chi connectivity index (χ0) is 19.9. The number of phenolic OH excluding ortho intramolecular Hbond substituents is 1. The predicted octanol–water partition coefficient (Wildman–Crippen LogP) is 3.82. The van der Waals surface area contributed by atoms with Crippen LogP contribution in [0.4, 0.5) is 4.79 Å². The van der Waals surface area contributed by atoms with E-state index >= 15 is 0 Å². The van der Waals surface area contributed by atoms with Gasteiger partial charge < -0.3 is 20.1 Å². The number of amides is 2. The zero-order valence-corrected chi connectivity index (χ0v) is 16.2. The molecule has 0 atom stereocenters. The van der Waals surface area contributed by atoms with Crippen LogP contribution in [0.15, 0.2) is 48.5 Å². The van der Waals surface area contributed by atoms with Crippen molar-refractivity contribution >= 4 is 23.6 Å². The van der Waals surface area contributed by atoms with Gasteiger partial charge in [-0.05, 0) is 42.5 Å². The maximum atomic E-state index is 12.2. The average molecular weight is 403 g/mol. The number of nitrogens with zero attached hydrogens (tertiary/aromatic N) is 1. The molecule has 7 heteroatoms. The summed E-state index contributed by atoms with van der Waals surface area (Å²) in [5.41, 5.74) is 1.37. The molecule has 1 heterocycles. The molecule has 148 valence electrons. The van der Waals surface area contributed by atoms with Crippen LogP contribution in [0.25, 0.3) is 0 Å². The average Bonchev–Trinajstić information content (AvgIpc) is 2.73. The van der Waals surface area contributed by atoms with Gasteiger partial charge >= 0.3 is 6.09 Å². The molecule has 1 aliphatic heterocycles. The van der Waals surface area contributed by atoms with Gasteiger partial charge in [-0.15, -0.1) is 0 Å². The highest BCUT2D eigenvalue weighted by molar-refractivity contribution is 6.32. The molecular formula is C21H23ClN2O4. The molecule has 1 fully saturated rings. The molecule has 2 amide bonds. The van der Waals surface area contributed by atoms with E-state index in [0.29, 0.717) is 31.1 Å². The summed E-state index contributed by atoms with van der Waals surface area (Å²) in [7, 11) is 0. The van der Waals surface area contributed by atoms with Gasteiger partial charge in [0.15, 0.2) is 0 Å². The largest absolute Gasteiger partial charge is 0.506 e. The van der Waals surface area contributed by atoms with Crippen molar-refractivity contribution in [2.75, 3.05) is 19.6 Å². The third-order valence-electron chi connectivity index (χ3n) is 4.84. The first-order valence-corrected chi connectivity index (χ1v) is 9.63. The molecule has 3 rings (SSSR count). The van der Waals surface area contributed by atoms with Crippen LogP contribution < -0.4 is 5.32 Å². The van der Waals surface area contributed by atoms with Gasteiger partial charge in [0.25, 0.3) is 5.91 Å². The Morgan fingerprint density at radius 3 is 2.54 bits per heavy atom. The van der Waals surface area contributed by atoms with E-state index in [-0.39, 0.29) is 29.4 Å². The standard InChI is InChI=1S/C21H23ClN2O4/c22-18-12-17(6-7-19(18)25)20(26)23-13-15-8-10-24(11-9-15)21(27)28-14-16-4-2-1-3-5-16/h1-7,12,15,25H,8-11,13-14H2,(H,23,26). The number of aromatic hydroxyl groups is 1. The van der Waals surface area contributed by atoms with Crippen LogP contribution in [-0.2, 0) is 11.3 Å². The van der Waals surface area contributed by atoms with Crippen molar-refractivity contribution in [3.05, 3.63) is 64.7 Å². The Bertz CT molecular complexity index is 820. The van der Waals surface area contributed by atoms with Crippen LogP contribution in [-0.4, -0.2) is 41.6 Å². The Kier molecular flexibility index (Phi) is 6.76. The summed E-state index contributed by atoms with van der Waals surface area (Å²) in [5.74, 6) is 0.0195. The Labute approximate surface area is 169 Å². The van der Waals surface area contributed by atoms with E-state index in [1.807, 2.05) is 30.3 Å². The Balaban J connectivity index is 1.39. The molecule has 6 nitrogen and oxygen atoms in total. The lowest BCUT2D eigenvalue weighted by Gasteiger charge is -2.31. The molecule has 1 saturated heterocycles. The molecule has 2 aromatic carbocycles. The van der Waals surface area contributed by atoms with E-state index in [9.17, 15) is 14.7 Å². The third-order valence-corrected chi connectivity index (χ3v) is 5.14. The SMILES string of the molecule is O=C(NCC1CCN(C(=O)OCc2ccccc2)CC1)c1ccc(O)c(Cl)c1. The Morgan fingerprint density at radius 2 is 1.86 bits per heavy atom. The van der Waals surface area contributed by atoms with Gasteiger partial charge in [0.2, 0.25) is 0 Å². The van der Waals surface area contributed by atoms with Gasteiger partial charge in [0.05, 0.1) is 5.02 Å². The molecule has 28 heavy (non-hydrogen) atoms. The fourth-order valence-electron chi connectivity index (χ4n) is 3.12. The van der Waals surface area contributed by atoms with Crippen molar-refractivity contribution in [1.82, 2.24) is 10.2 Å². The summed E-state index contributed by atoms with van der Waals surface area (Å²) < 4.78 is 5.36. The molecule has 0 aromatic heterocycles. The monoisotopic (exact) mass is 402 g/mol. The first-order valence-electron chi connectivity index (χ1n) is 9.25. The number of carbonyl (C=O) groups excluding carboxylic acids is 2. The molecule has 0 saturated carbocycles. The number of hydrogen-bond donors (Lipinski definition) is 2. The van der Waals surface area contributed by atoms with E-state index in [1.165, 1.54) is 18.2 Å². The van der Waals surface area contributed by atoms with Gasteiger partial charge in [0, 0.05) is 25.2 Å². The highest BCUT2D eigenvalue weighted by atomic mass is 35.5. The third kappa shape index (κ3) is 5.39. The van der Waals surface area contributed by atoms with Crippen LogP contribution in [0.5, 0.6) is 5.75 Å². The van der Waals surface area contributed by atoms with Crippen LogP contribution in [0.1, 0.15) is 28.8 Å². The highest BCUT2D eigenvalue weighted by Gasteiger charge is 2.24. The van der Waals surface area contributed by atoms with Crippen LogP contribution in [0.3, 0.4) is 0 Å². The normalized spacial score (nSPS) is 14.5. The minimum absolute atomic E-state index is 0.0512. The summed E-state index contributed by atoms with van der Waals surface area (Å²) in [6.45, 7) is 2.02. The molecule has 0 bridgehead atoms. The molecule has 2 N–H and O–H groups in total. The van der Waals surface area contributed by atoms with E-state index < -0.39 is 0 Å². The lowest BCUT2D eigenvalue weighted by atomic mass is 9.97. The summed E-state index contributed by atoms with van der Waals surface area (Å²) in [4.78, 5) is 26.1. The maximum Gasteiger partial charge on any atom is 0.410 e. The molecule has 0 spiro atoms. The molecule has 2 aromatic rings. The summed E-state index contributed by atoms with van der Waals surface area (Å²) in [5, 5.41) is 12.5. The number of rotatable bonds is 5. The van der Waals surface area contributed by atoms with Gasteiger partial charge in [-0.25, -0.2) is 4.79 Å². The van der Waals surface area contributed by atoms with Crippen molar-refractivity contribution < 1.29 is 19.4 Å². The van der Waals surface area contributed by atoms with Gasteiger partial charge in [0.1, 0.15) is 12.4 Å². The Morgan fingerprint density at radius 1 is 1.14 bits per heavy atom. The molecule has 1 aliphatic rings. The van der Waals surface area contributed by atoms with Crippen LogP contribution >= 0.6 is 11.6 Å². The lowest BCUT2D eigenvalue weighted by molar-refractivity contribution is 0.0801. The van der Waals surface area contributed by atoms with Crippen LogP contribution in [0, 0.1) is 5.92 Å². The highest BCUT2D eigenvalue weighted by Crippen LogP contribution is 2.24. The number of phenols is 1. The number of piperidine rings is 1. The van der Waals surface area contributed by atoms with Crippen molar-refractivity contribution in [2.24, 2.45) is 5.92 Å². The van der Waals surface area contributed by atoms with Gasteiger partial charge in [-0.3, -0.25) is 4.79 Å². The number of benzene rings is 2. The fraction of sp³-hybridized carbons (Fsp3) is 0.333. The molecule has 0 radical (unpaired) electrons. The maximum absolute atomic E-state index is 12.2. The number of carbonyl (C=O) groups is 2. The Hall–Kier alpha value is -2.73. The topological polar surface area (TPSA) is 78.9 Å². The number of halogens is 1. The summed E-state index contributed by atoms with van der Waals surface area (Å²) >= 11 is 5.84. The number of likely N-dealkylation sites (tertiary alicyclic amines) is 1. The summed E-state index contributed by atoms with van der Waals surface area (Å²) in [6, 6.07) is 14.0. The fourth-order valence-corrected chi connectivity index (χ4v) is 3.30. The predicted molar refractivity (Wildman–Crippen MR) is 106 cm³/mol. The molecule has 0 unspecified atom stereocenters. The van der Waals surface area contributed by atoms with Gasteiger partial charge in [-0.2, -0.15) is 0 Å². The lowest BCUT2D eigenvalue weighted by Crippen LogP contribution is -2.41. The van der Waals surface area contributed by atoms with Crippen LogP contribution in [0.2, 0.25) is 5.02 Å². The summed E-state index contributed by atoms with van der Waals surface area (Å²) in [6.07, 6.45) is 1.30. The second kappa shape index (κ2) is 9.46. The van der Waals surface area contributed by atoms with Crippen molar-refractivity contribution in [3.63, 3.8) is 0 Å². The molecular weight excluding hydrogens is 380 g/mol. The zero-order valence-electron chi connectivity index (χ0n) is 15.4. The van der Waals surface area contributed by atoms with E-state index in [2.05, 4.69) is 5.32 Å². The number of ether oxygens (including phenoxy) is 1.